The van der Waals surface area contributed by atoms with Gasteiger partial charge in [-0.25, -0.2) is 0 Å². The molecule has 160 valence electrons. The van der Waals surface area contributed by atoms with Gasteiger partial charge in [-0.05, 0) is 31.7 Å². The molecular weight excluding hydrogens is 394 g/mol. The van der Waals surface area contributed by atoms with Crippen molar-refractivity contribution in [2.45, 2.75) is 51.7 Å². The number of amides is 3. The molecule has 1 aromatic carbocycles. The van der Waals surface area contributed by atoms with Crippen molar-refractivity contribution in [3.05, 3.63) is 39.4 Å². The van der Waals surface area contributed by atoms with Gasteiger partial charge in [-0.2, -0.15) is 0 Å². The van der Waals surface area contributed by atoms with Crippen molar-refractivity contribution in [1.29, 1.82) is 0 Å². The van der Waals surface area contributed by atoms with Crippen LogP contribution in [-0.4, -0.2) is 52.2 Å². The molecule has 10 nitrogen and oxygen atoms in total. The van der Waals surface area contributed by atoms with Crippen molar-refractivity contribution in [3.63, 3.8) is 0 Å². The number of esters is 1. The van der Waals surface area contributed by atoms with Crippen LogP contribution in [0, 0.1) is 16.0 Å². The van der Waals surface area contributed by atoms with E-state index in [-0.39, 0.29) is 17.2 Å². The zero-order valence-corrected chi connectivity index (χ0v) is 16.8. The molecule has 0 unspecified atom stereocenters. The number of benzene rings is 1. The minimum absolute atomic E-state index is 0.0178. The monoisotopic (exact) mass is 417 g/mol. The van der Waals surface area contributed by atoms with E-state index in [0.717, 1.165) is 31.7 Å². The summed E-state index contributed by atoms with van der Waals surface area (Å²) in [6.07, 6.45) is 2.93. The molecule has 10 heteroatoms. The van der Waals surface area contributed by atoms with Crippen molar-refractivity contribution in [3.8, 4) is 0 Å². The first-order chi connectivity index (χ1) is 14.2. The van der Waals surface area contributed by atoms with E-state index in [0.29, 0.717) is 10.8 Å². The predicted octanol–water partition coefficient (Wildman–Crippen LogP) is 1.82. The first-order valence-corrected chi connectivity index (χ1v) is 9.84. The van der Waals surface area contributed by atoms with Gasteiger partial charge in [0.1, 0.15) is 12.1 Å². The smallest absolute Gasteiger partial charge is 0.326 e. The first kappa shape index (κ1) is 21.4. The molecule has 0 spiro atoms. The fourth-order valence-electron chi connectivity index (χ4n) is 3.86. The zero-order chi connectivity index (χ0) is 22.0. The van der Waals surface area contributed by atoms with Gasteiger partial charge < -0.3 is 10.1 Å². The highest BCUT2D eigenvalue weighted by molar-refractivity contribution is 6.24. The van der Waals surface area contributed by atoms with Crippen molar-refractivity contribution >= 4 is 29.4 Å². The van der Waals surface area contributed by atoms with Crippen LogP contribution in [0.5, 0.6) is 0 Å². The highest BCUT2D eigenvalue weighted by atomic mass is 16.6. The molecule has 1 aliphatic carbocycles. The number of nitrogens with one attached hydrogen (secondary N) is 1. The Kier molecular flexibility index (Phi) is 6.14. The molecule has 3 atom stereocenters. The normalized spacial score (nSPS) is 21.7. The molecule has 30 heavy (non-hydrogen) atoms. The quantitative estimate of drug-likeness (QED) is 0.323. The number of nitro groups is 1. The predicted molar refractivity (Wildman–Crippen MR) is 104 cm³/mol. The van der Waals surface area contributed by atoms with Crippen LogP contribution < -0.4 is 5.32 Å². The molecule has 2 aliphatic rings. The van der Waals surface area contributed by atoms with Gasteiger partial charge in [-0.15, -0.1) is 0 Å². The van der Waals surface area contributed by atoms with Gasteiger partial charge in [0, 0.05) is 12.1 Å². The van der Waals surface area contributed by atoms with Crippen molar-refractivity contribution in [1.82, 2.24) is 10.2 Å². The number of carbonyl (C=O) groups excluding carboxylic acids is 4. The summed E-state index contributed by atoms with van der Waals surface area (Å²) < 4.78 is 5.09. The van der Waals surface area contributed by atoms with Crippen LogP contribution in [0.3, 0.4) is 0 Å². The number of rotatable bonds is 6. The number of hydrogen-bond acceptors (Lipinski definition) is 7. The zero-order valence-electron chi connectivity index (χ0n) is 16.8. The minimum atomic E-state index is -1.10. The van der Waals surface area contributed by atoms with Gasteiger partial charge in [0.2, 0.25) is 0 Å². The van der Waals surface area contributed by atoms with E-state index in [9.17, 15) is 29.3 Å². The Labute approximate surface area is 172 Å². The third kappa shape index (κ3) is 4.17. The molecular formula is C20H23N3O7. The van der Waals surface area contributed by atoms with E-state index in [1.807, 2.05) is 0 Å². The largest absolute Gasteiger partial charge is 0.451 e. The summed E-state index contributed by atoms with van der Waals surface area (Å²) in [6, 6.07) is 3.71. The second-order valence-corrected chi connectivity index (χ2v) is 7.66. The molecule has 0 saturated heterocycles. The van der Waals surface area contributed by atoms with Crippen molar-refractivity contribution in [2.24, 2.45) is 5.92 Å². The molecule has 1 saturated carbocycles. The molecule has 1 N–H and O–H groups in total. The molecule has 1 heterocycles. The summed E-state index contributed by atoms with van der Waals surface area (Å²) in [4.78, 5) is 60.5. The van der Waals surface area contributed by atoms with E-state index in [2.05, 4.69) is 12.2 Å². The van der Waals surface area contributed by atoms with Crippen LogP contribution in [0.15, 0.2) is 18.2 Å². The highest BCUT2D eigenvalue weighted by Crippen LogP contribution is 2.30. The first-order valence-electron chi connectivity index (χ1n) is 9.84. The Bertz CT molecular complexity index is 914. The molecule has 3 amide bonds. The lowest BCUT2D eigenvalue weighted by molar-refractivity contribution is -0.385. The summed E-state index contributed by atoms with van der Waals surface area (Å²) in [6.45, 7) is 2.73. The summed E-state index contributed by atoms with van der Waals surface area (Å²) in [7, 11) is 0. The average Bonchev–Trinajstić information content (AvgIpc) is 2.94. The molecule has 0 aromatic heterocycles. The maximum atomic E-state index is 12.5. The van der Waals surface area contributed by atoms with E-state index in [4.69, 9.17) is 4.74 Å². The number of hydrogen-bond donors (Lipinski definition) is 1. The third-order valence-corrected chi connectivity index (χ3v) is 5.58. The Hall–Kier alpha value is -3.30. The molecule has 1 aromatic rings. The summed E-state index contributed by atoms with van der Waals surface area (Å²) >= 11 is 0. The van der Waals surface area contributed by atoms with Crippen molar-refractivity contribution in [2.75, 3.05) is 6.54 Å². The molecule has 1 aliphatic heterocycles. The number of nitrogens with zero attached hydrogens (tertiary/aromatic N) is 2. The fraction of sp³-hybridized carbons (Fsp3) is 0.500. The molecule has 0 bridgehead atoms. The molecule has 1 fully saturated rings. The second-order valence-electron chi connectivity index (χ2n) is 7.66. The number of ether oxygens (including phenoxy) is 1. The maximum Gasteiger partial charge on any atom is 0.326 e. The van der Waals surface area contributed by atoms with E-state index >= 15 is 0 Å². The number of carbonyl (C=O) groups is 4. The van der Waals surface area contributed by atoms with Crippen LogP contribution in [0.1, 0.15) is 60.2 Å². The number of fused-ring (bicyclic) bond motifs is 1. The van der Waals surface area contributed by atoms with Crippen LogP contribution >= 0.6 is 0 Å². The lowest BCUT2D eigenvalue weighted by Gasteiger charge is -2.30. The number of imide groups is 1. The Morgan fingerprint density at radius 3 is 2.63 bits per heavy atom. The standard InChI is InChI=1S/C20H23N3O7/c1-11-6-3-4-8-14(11)21-18(25)12(2)30-16(24)10-22-19(26)13-7-5-9-15(23(28)29)17(13)20(22)27/h5,7,9,11-12,14H,3-4,6,8,10H2,1-2H3,(H,21,25)/t11-,12+,14-/m1/s1. The average molecular weight is 417 g/mol. The summed E-state index contributed by atoms with van der Waals surface area (Å²) in [5.74, 6) is -2.82. The fourth-order valence-corrected chi connectivity index (χ4v) is 3.86. The lowest BCUT2D eigenvalue weighted by Crippen LogP contribution is -2.46. The van der Waals surface area contributed by atoms with Gasteiger partial charge in [0.25, 0.3) is 23.4 Å². The lowest BCUT2D eigenvalue weighted by atomic mass is 9.86. The van der Waals surface area contributed by atoms with Crippen LogP contribution in [-0.2, 0) is 14.3 Å². The maximum absolute atomic E-state index is 12.5. The van der Waals surface area contributed by atoms with Crippen LogP contribution in [0.2, 0.25) is 0 Å². The Balaban J connectivity index is 1.61. The molecule has 3 rings (SSSR count). The van der Waals surface area contributed by atoms with E-state index in [1.165, 1.54) is 19.1 Å². The topological polar surface area (TPSA) is 136 Å². The van der Waals surface area contributed by atoms with Gasteiger partial charge in [-0.1, -0.05) is 25.8 Å². The van der Waals surface area contributed by atoms with Crippen molar-refractivity contribution < 1.29 is 28.8 Å². The molecule has 0 radical (unpaired) electrons. The van der Waals surface area contributed by atoms with Gasteiger partial charge in [0.15, 0.2) is 6.10 Å². The van der Waals surface area contributed by atoms with E-state index in [1.54, 1.807) is 0 Å². The SMILES string of the molecule is C[C@H](OC(=O)CN1C(=O)c2cccc([N+](=O)[O-])c2C1=O)C(=O)N[C@@H]1CCCC[C@H]1C. The Morgan fingerprint density at radius 1 is 1.27 bits per heavy atom. The number of nitro benzene ring substituents is 1. The second kappa shape index (κ2) is 8.60. The van der Waals surface area contributed by atoms with Crippen LogP contribution in [0.4, 0.5) is 5.69 Å². The van der Waals surface area contributed by atoms with E-state index < -0.39 is 47.0 Å². The van der Waals surface area contributed by atoms with Crippen LogP contribution in [0.25, 0.3) is 0 Å². The third-order valence-electron chi connectivity index (χ3n) is 5.58. The summed E-state index contributed by atoms with van der Waals surface area (Å²) in [5, 5.41) is 14.0. The van der Waals surface area contributed by atoms with Gasteiger partial charge in [-0.3, -0.25) is 34.2 Å². The minimum Gasteiger partial charge on any atom is -0.451 e. The summed E-state index contributed by atoms with van der Waals surface area (Å²) in [5.41, 5.74) is -0.993. The Morgan fingerprint density at radius 2 is 1.97 bits per heavy atom. The van der Waals surface area contributed by atoms with Gasteiger partial charge in [0.05, 0.1) is 10.5 Å². The van der Waals surface area contributed by atoms with Gasteiger partial charge >= 0.3 is 5.97 Å². The highest BCUT2D eigenvalue weighted by Gasteiger charge is 2.42.